The van der Waals surface area contributed by atoms with Gasteiger partial charge in [-0.3, -0.25) is 4.79 Å². The highest BCUT2D eigenvalue weighted by atomic mass is 16.1. The van der Waals surface area contributed by atoms with Gasteiger partial charge in [0.2, 0.25) is 0 Å². The monoisotopic (exact) mass is 391 g/mol. The topological polar surface area (TPSA) is 98.4 Å². The summed E-state index contributed by atoms with van der Waals surface area (Å²) in [6, 6.07) is 12.4. The van der Waals surface area contributed by atoms with E-state index in [-0.39, 0.29) is 16.9 Å². The van der Waals surface area contributed by atoms with Crippen LogP contribution in [0.2, 0.25) is 0 Å². The molecule has 1 amide bonds. The number of rotatable bonds is 5. The molecule has 4 rings (SSSR count). The van der Waals surface area contributed by atoms with Crippen LogP contribution in [0.3, 0.4) is 0 Å². The number of hydrogen-bond donors (Lipinski definition) is 3. The highest BCUT2D eigenvalue weighted by molar-refractivity contribution is 6.02. The maximum atomic E-state index is 12.2. The molecule has 1 aliphatic carbocycles. The molecule has 0 aliphatic heterocycles. The first kappa shape index (κ1) is 19.5. The zero-order valence-electron chi connectivity index (χ0n) is 17.3. The van der Waals surface area contributed by atoms with Gasteiger partial charge in [-0.2, -0.15) is 5.10 Å². The van der Waals surface area contributed by atoms with Crippen LogP contribution in [-0.2, 0) is 0 Å². The Bertz CT molecular complexity index is 1060. The largest absolute Gasteiger partial charge is 0.379 e. The SMILES string of the molecule is CC1(CN)CCC(Nc2c(C(N)=O)cnn3cc(-c4ccccc4)cc23)C1(C)C. The molecule has 0 radical (unpaired) electrons. The van der Waals surface area contributed by atoms with E-state index in [2.05, 4.69) is 49.4 Å². The van der Waals surface area contributed by atoms with E-state index in [4.69, 9.17) is 11.5 Å². The summed E-state index contributed by atoms with van der Waals surface area (Å²) in [5, 5.41) is 8.08. The number of anilines is 1. The van der Waals surface area contributed by atoms with E-state index in [0.29, 0.717) is 12.1 Å². The Labute approximate surface area is 171 Å². The lowest BCUT2D eigenvalue weighted by Crippen LogP contribution is -2.44. The third-order valence-corrected chi connectivity index (χ3v) is 7.19. The van der Waals surface area contributed by atoms with Crippen molar-refractivity contribution in [1.82, 2.24) is 9.61 Å². The van der Waals surface area contributed by atoms with Gasteiger partial charge in [-0.1, -0.05) is 51.1 Å². The number of nitrogens with zero attached hydrogens (tertiary/aromatic N) is 2. The second-order valence-corrected chi connectivity index (χ2v) is 8.94. The molecular weight excluding hydrogens is 362 g/mol. The molecule has 2 unspecified atom stereocenters. The molecule has 1 fully saturated rings. The highest BCUT2D eigenvalue weighted by Gasteiger charge is 2.50. The summed E-state index contributed by atoms with van der Waals surface area (Å²) >= 11 is 0. The van der Waals surface area contributed by atoms with Gasteiger partial charge in [-0.05, 0) is 41.8 Å². The molecule has 1 aliphatic rings. The van der Waals surface area contributed by atoms with Gasteiger partial charge in [0.25, 0.3) is 5.91 Å². The Hall–Kier alpha value is -2.86. The van der Waals surface area contributed by atoms with Crippen LogP contribution >= 0.6 is 0 Å². The van der Waals surface area contributed by atoms with Crippen LogP contribution in [0.25, 0.3) is 16.6 Å². The van der Waals surface area contributed by atoms with Crippen molar-refractivity contribution < 1.29 is 4.79 Å². The number of carbonyl (C=O) groups is 1. The molecule has 1 aromatic carbocycles. The van der Waals surface area contributed by atoms with Gasteiger partial charge in [0.05, 0.1) is 23.0 Å². The van der Waals surface area contributed by atoms with E-state index >= 15 is 0 Å². The van der Waals surface area contributed by atoms with Crippen molar-refractivity contribution in [3.63, 3.8) is 0 Å². The third-order valence-electron chi connectivity index (χ3n) is 7.19. The van der Waals surface area contributed by atoms with Gasteiger partial charge >= 0.3 is 0 Å². The van der Waals surface area contributed by atoms with Crippen LogP contribution < -0.4 is 16.8 Å². The molecule has 0 saturated heterocycles. The van der Waals surface area contributed by atoms with E-state index in [1.165, 1.54) is 0 Å². The second kappa shape index (κ2) is 6.88. The Morgan fingerprint density at radius 1 is 1.24 bits per heavy atom. The number of aromatic nitrogens is 2. The molecular formula is C23H29N5O. The highest BCUT2D eigenvalue weighted by Crippen LogP contribution is 2.53. The van der Waals surface area contributed by atoms with Crippen LogP contribution in [0.4, 0.5) is 5.69 Å². The Kier molecular flexibility index (Phi) is 4.62. The standard InChI is InChI=1S/C23H29N5O/c1-22(2)19(9-10-23(22,3)14-24)27-20-17(21(25)29)12-26-28-13-16(11-18(20)28)15-7-5-4-6-8-15/h4-8,11-13,19,27H,9-10,14,24H2,1-3H3,(H2,25,29). The van der Waals surface area contributed by atoms with Crippen LogP contribution in [0.5, 0.6) is 0 Å². The molecule has 0 spiro atoms. The molecule has 152 valence electrons. The number of fused-ring (bicyclic) bond motifs is 1. The molecule has 1 saturated carbocycles. The van der Waals surface area contributed by atoms with Crippen LogP contribution in [0.1, 0.15) is 44.0 Å². The number of benzene rings is 1. The molecule has 6 heteroatoms. The first-order valence-electron chi connectivity index (χ1n) is 10.1. The Balaban J connectivity index is 1.81. The lowest BCUT2D eigenvalue weighted by atomic mass is 9.68. The van der Waals surface area contributed by atoms with Crippen molar-refractivity contribution in [2.75, 3.05) is 11.9 Å². The van der Waals surface area contributed by atoms with Crippen molar-refractivity contribution in [3.05, 3.63) is 54.4 Å². The summed E-state index contributed by atoms with van der Waals surface area (Å²) in [6.45, 7) is 7.38. The average Bonchev–Trinajstić information content (AvgIpc) is 3.24. The van der Waals surface area contributed by atoms with Gasteiger partial charge in [-0.15, -0.1) is 0 Å². The van der Waals surface area contributed by atoms with Gasteiger partial charge in [-0.25, -0.2) is 4.52 Å². The minimum atomic E-state index is -0.484. The lowest BCUT2D eigenvalue weighted by molar-refractivity contribution is 0.1000. The van der Waals surface area contributed by atoms with Crippen LogP contribution in [-0.4, -0.2) is 28.1 Å². The van der Waals surface area contributed by atoms with Crippen molar-refractivity contribution in [3.8, 4) is 11.1 Å². The lowest BCUT2D eigenvalue weighted by Gasteiger charge is -2.41. The second-order valence-electron chi connectivity index (χ2n) is 8.94. The van der Waals surface area contributed by atoms with Gasteiger partial charge < -0.3 is 16.8 Å². The fourth-order valence-corrected chi connectivity index (χ4v) is 4.54. The van der Waals surface area contributed by atoms with Crippen molar-refractivity contribution >= 4 is 17.1 Å². The van der Waals surface area contributed by atoms with Crippen molar-refractivity contribution in [2.45, 2.75) is 39.7 Å². The summed E-state index contributed by atoms with van der Waals surface area (Å²) in [5.41, 5.74) is 16.0. The molecule has 3 aromatic rings. The number of primary amides is 1. The first-order chi connectivity index (χ1) is 13.8. The maximum absolute atomic E-state index is 12.2. The molecule has 2 heterocycles. The van der Waals surface area contributed by atoms with E-state index < -0.39 is 5.91 Å². The number of amides is 1. The minimum absolute atomic E-state index is 0.0359. The summed E-state index contributed by atoms with van der Waals surface area (Å²) in [7, 11) is 0. The fraction of sp³-hybridized carbons (Fsp3) is 0.391. The number of nitrogens with two attached hydrogens (primary N) is 2. The maximum Gasteiger partial charge on any atom is 0.252 e. The van der Waals surface area contributed by atoms with E-state index in [9.17, 15) is 4.79 Å². The van der Waals surface area contributed by atoms with Gasteiger partial charge in [0.1, 0.15) is 0 Å². The third kappa shape index (κ3) is 3.08. The average molecular weight is 392 g/mol. The summed E-state index contributed by atoms with van der Waals surface area (Å²) < 4.78 is 1.81. The summed E-state index contributed by atoms with van der Waals surface area (Å²) in [5.74, 6) is -0.484. The predicted octanol–water partition coefficient (Wildman–Crippen LogP) is 3.67. The van der Waals surface area contributed by atoms with E-state index in [1.807, 2.05) is 24.4 Å². The molecule has 29 heavy (non-hydrogen) atoms. The fourth-order valence-electron chi connectivity index (χ4n) is 4.54. The zero-order chi connectivity index (χ0) is 20.8. The van der Waals surface area contributed by atoms with Crippen molar-refractivity contribution in [1.29, 1.82) is 0 Å². The molecule has 2 atom stereocenters. The first-order valence-corrected chi connectivity index (χ1v) is 10.1. The quantitative estimate of drug-likeness (QED) is 0.618. The molecule has 0 bridgehead atoms. The Morgan fingerprint density at radius 3 is 2.59 bits per heavy atom. The van der Waals surface area contributed by atoms with Crippen LogP contribution in [0, 0.1) is 10.8 Å². The van der Waals surface area contributed by atoms with E-state index in [0.717, 1.165) is 35.2 Å². The normalized spacial score (nSPS) is 23.4. The summed E-state index contributed by atoms with van der Waals surface area (Å²) in [4.78, 5) is 12.2. The molecule has 5 N–H and O–H groups in total. The predicted molar refractivity (Wildman–Crippen MR) is 117 cm³/mol. The van der Waals surface area contributed by atoms with Crippen molar-refractivity contribution in [2.24, 2.45) is 22.3 Å². The smallest absolute Gasteiger partial charge is 0.252 e. The minimum Gasteiger partial charge on any atom is -0.379 e. The van der Waals surface area contributed by atoms with E-state index in [1.54, 1.807) is 10.7 Å². The van der Waals surface area contributed by atoms with Gasteiger partial charge in [0, 0.05) is 17.8 Å². The zero-order valence-corrected chi connectivity index (χ0v) is 17.3. The number of hydrogen-bond acceptors (Lipinski definition) is 4. The number of carbonyl (C=O) groups excluding carboxylic acids is 1. The van der Waals surface area contributed by atoms with Gasteiger partial charge in [0.15, 0.2) is 0 Å². The molecule has 2 aromatic heterocycles. The molecule has 6 nitrogen and oxygen atoms in total. The Morgan fingerprint density at radius 2 is 1.97 bits per heavy atom. The summed E-state index contributed by atoms with van der Waals surface area (Å²) in [6.07, 6.45) is 5.55. The van der Waals surface area contributed by atoms with Crippen LogP contribution in [0.15, 0.2) is 48.8 Å². The number of nitrogens with one attached hydrogen (secondary N) is 1.